The zero-order valence-corrected chi connectivity index (χ0v) is 17.2. The number of hydrogen-bond acceptors (Lipinski definition) is 5. The Kier molecular flexibility index (Phi) is 6.01. The van der Waals surface area contributed by atoms with Gasteiger partial charge < -0.3 is 9.84 Å². The molecule has 0 bridgehead atoms. The van der Waals surface area contributed by atoms with Crippen molar-refractivity contribution < 1.29 is 13.7 Å². The van der Waals surface area contributed by atoms with Gasteiger partial charge in [0.25, 0.3) is 0 Å². The quantitative estimate of drug-likeness (QED) is 0.609. The number of benzene rings is 2. The van der Waals surface area contributed by atoms with E-state index in [1.807, 2.05) is 30.3 Å². The summed E-state index contributed by atoms with van der Waals surface area (Å²) in [5.74, 6) is 0.218. The lowest BCUT2D eigenvalue weighted by atomic mass is 9.97. The molecular weight excluding hydrogens is 439 g/mol. The summed E-state index contributed by atoms with van der Waals surface area (Å²) in [6.07, 6.45) is 1.64. The van der Waals surface area contributed by atoms with Crippen molar-refractivity contribution in [1.82, 2.24) is 15.0 Å². The molecule has 1 fully saturated rings. The van der Waals surface area contributed by atoms with E-state index in [4.69, 9.17) is 4.52 Å². The summed E-state index contributed by atoms with van der Waals surface area (Å²) in [5.41, 5.74) is 1.09. The highest BCUT2D eigenvalue weighted by Crippen LogP contribution is 2.24. The van der Waals surface area contributed by atoms with Crippen LogP contribution < -0.4 is 5.32 Å². The molecule has 6 nitrogen and oxygen atoms in total. The number of nitrogens with zero attached hydrogens (tertiary/aromatic N) is 3. The Hall–Kier alpha value is -2.58. The molecule has 150 valence electrons. The summed E-state index contributed by atoms with van der Waals surface area (Å²) in [7, 11) is 0. The first-order valence-electron chi connectivity index (χ1n) is 9.45. The maximum atomic E-state index is 14.0. The van der Waals surface area contributed by atoms with Crippen molar-refractivity contribution in [3.05, 3.63) is 64.7 Å². The summed E-state index contributed by atoms with van der Waals surface area (Å²) in [5, 5.41) is 6.75. The molecule has 4 rings (SSSR count). The molecule has 1 N–H and O–H groups in total. The van der Waals surface area contributed by atoms with Crippen LogP contribution >= 0.6 is 15.9 Å². The van der Waals surface area contributed by atoms with Crippen molar-refractivity contribution in [1.29, 1.82) is 0 Å². The van der Waals surface area contributed by atoms with Gasteiger partial charge in [0.1, 0.15) is 5.82 Å². The summed E-state index contributed by atoms with van der Waals surface area (Å²) in [6.45, 7) is 1.89. The van der Waals surface area contributed by atoms with Gasteiger partial charge in [-0.2, -0.15) is 4.98 Å². The number of nitrogens with one attached hydrogen (secondary N) is 1. The van der Waals surface area contributed by atoms with Crippen LogP contribution in [0.1, 0.15) is 18.7 Å². The first-order chi connectivity index (χ1) is 14.1. The van der Waals surface area contributed by atoms with Crippen LogP contribution in [0.4, 0.5) is 10.1 Å². The molecule has 1 amide bonds. The molecule has 1 unspecified atom stereocenters. The third-order valence-electron chi connectivity index (χ3n) is 4.92. The zero-order valence-electron chi connectivity index (χ0n) is 15.6. The lowest BCUT2D eigenvalue weighted by molar-refractivity contribution is -0.121. The second-order valence-electron chi connectivity index (χ2n) is 7.07. The fraction of sp³-hybridized carbons (Fsp3) is 0.286. The molecule has 1 aromatic heterocycles. The fourth-order valence-electron chi connectivity index (χ4n) is 3.45. The highest BCUT2D eigenvalue weighted by Gasteiger charge is 2.27. The van der Waals surface area contributed by atoms with E-state index in [9.17, 15) is 9.18 Å². The molecule has 2 heterocycles. The molecule has 0 spiro atoms. The minimum absolute atomic E-state index is 0.175. The summed E-state index contributed by atoms with van der Waals surface area (Å²) >= 11 is 3.22. The predicted molar refractivity (Wildman–Crippen MR) is 110 cm³/mol. The van der Waals surface area contributed by atoms with E-state index < -0.39 is 5.82 Å². The van der Waals surface area contributed by atoms with Crippen LogP contribution in [0.5, 0.6) is 0 Å². The van der Waals surface area contributed by atoms with Gasteiger partial charge in [0.05, 0.1) is 18.2 Å². The van der Waals surface area contributed by atoms with Crippen molar-refractivity contribution in [2.75, 3.05) is 18.4 Å². The second-order valence-corrected chi connectivity index (χ2v) is 7.98. The minimum Gasteiger partial charge on any atom is -0.338 e. The van der Waals surface area contributed by atoms with Crippen molar-refractivity contribution in [3.8, 4) is 11.4 Å². The normalized spacial score (nSPS) is 17.2. The van der Waals surface area contributed by atoms with E-state index in [0.717, 1.165) is 24.9 Å². The molecule has 0 aliphatic carbocycles. The third kappa shape index (κ3) is 4.89. The predicted octanol–water partition coefficient (Wildman–Crippen LogP) is 4.49. The number of amides is 1. The first-order valence-corrected chi connectivity index (χ1v) is 10.2. The van der Waals surface area contributed by atoms with Gasteiger partial charge in [-0.15, -0.1) is 0 Å². The van der Waals surface area contributed by atoms with Crippen LogP contribution in [0.3, 0.4) is 0 Å². The number of anilines is 1. The van der Waals surface area contributed by atoms with E-state index in [-0.39, 0.29) is 17.5 Å². The Morgan fingerprint density at radius 2 is 2.10 bits per heavy atom. The number of hydrogen-bond donors (Lipinski definition) is 1. The summed E-state index contributed by atoms with van der Waals surface area (Å²) in [6, 6.07) is 14.2. The average Bonchev–Trinajstić information content (AvgIpc) is 3.19. The Balaban J connectivity index is 1.37. The minimum atomic E-state index is -0.459. The molecule has 1 aliphatic rings. The molecule has 8 heteroatoms. The number of piperidine rings is 1. The van der Waals surface area contributed by atoms with Gasteiger partial charge in [0.2, 0.25) is 17.6 Å². The SMILES string of the molecule is O=C(Nc1ccc(Br)cc1F)C1CCCN(Cc2nc(-c3ccccc3)no2)C1. The lowest BCUT2D eigenvalue weighted by Gasteiger charge is -2.30. The van der Waals surface area contributed by atoms with Crippen molar-refractivity contribution in [2.24, 2.45) is 5.92 Å². The fourth-order valence-corrected chi connectivity index (χ4v) is 3.79. The topological polar surface area (TPSA) is 71.3 Å². The number of likely N-dealkylation sites (tertiary alicyclic amines) is 1. The third-order valence-corrected chi connectivity index (χ3v) is 5.42. The van der Waals surface area contributed by atoms with Gasteiger partial charge >= 0.3 is 0 Å². The van der Waals surface area contributed by atoms with Gasteiger partial charge in [0.15, 0.2) is 0 Å². The van der Waals surface area contributed by atoms with E-state index in [0.29, 0.717) is 29.3 Å². The molecule has 0 saturated carbocycles. The van der Waals surface area contributed by atoms with Crippen LogP contribution in [-0.4, -0.2) is 34.0 Å². The smallest absolute Gasteiger partial charge is 0.241 e. The van der Waals surface area contributed by atoms with Gasteiger partial charge in [0, 0.05) is 16.6 Å². The monoisotopic (exact) mass is 458 g/mol. The van der Waals surface area contributed by atoms with E-state index in [1.54, 1.807) is 12.1 Å². The molecule has 1 atom stereocenters. The molecule has 0 radical (unpaired) electrons. The van der Waals surface area contributed by atoms with Crippen molar-refractivity contribution >= 4 is 27.5 Å². The van der Waals surface area contributed by atoms with E-state index in [1.165, 1.54) is 6.07 Å². The van der Waals surface area contributed by atoms with Gasteiger partial charge in [-0.3, -0.25) is 9.69 Å². The number of rotatable bonds is 5. The zero-order chi connectivity index (χ0) is 20.2. The largest absolute Gasteiger partial charge is 0.338 e. The average molecular weight is 459 g/mol. The highest BCUT2D eigenvalue weighted by atomic mass is 79.9. The van der Waals surface area contributed by atoms with Gasteiger partial charge in [-0.25, -0.2) is 4.39 Å². The number of carbonyl (C=O) groups is 1. The summed E-state index contributed by atoms with van der Waals surface area (Å²) in [4.78, 5) is 19.2. The Bertz CT molecular complexity index is 995. The van der Waals surface area contributed by atoms with Crippen molar-refractivity contribution in [3.63, 3.8) is 0 Å². The van der Waals surface area contributed by atoms with Crippen LogP contribution in [0.25, 0.3) is 11.4 Å². The Morgan fingerprint density at radius 1 is 1.28 bits per heavy atom. The van der Waals surface area contributed by atoms with Crippen LogP contribution in [0.15, 0.2) is 57.5 Å². The van der Waals surface area contributed by atoms with Gasteiger partial charge in [-0.1, -0.05) is 51.4 Å². The number of halogens is 2. The lowest BCUT2D eigenvalue weighted by Crippen LogP contribution is -2.40. The van der Waals surface area contributed by atoms with E-state index in [2.05, 4.69) is 36.3 Å². The Labute approximate surface area is 176 Å². The van der Waals surface area contributed by atoms with Crippen molar-refractivity contribution in [2.45, 2.75) is 19.4 Å². The number of aromatic nitrogens is 2. The van der Waals surface area contributed by atoms with Gasteiger partial charge in [-0.05, 0) is 37.6 Å². The molecule has 1 aliphatic heterocycles. The summed E-state index contributed by atoms with van der Waals surface area (Å²) < 4.78 is 20.0. The highest BCUT2D eigenvalue weighted by molar-refractivity contribution is 9.10. The maximum absolute atomic E-state index is 14.0. The molecule has 3 aromatic rings. The second kappa shape index (κ2) is 8.84. The Morgan fingerprint density at radius 3 is 2.90 bits per heavy atom. The molecule has 29 heavy (non-hydrogen) atoms. The first kappa shape index (κ1) is 19.7. The van der Waals surface area contributed by atoms with E-state index >= 15 is 0 Å². The van der Waals surface area contributed by atoms with Crippen LogP contribution in [0.2, 0.25) is 0 Å². The van der Waals surface area contributed by atoms with Crippen LogP contribution in [0, 0.1) is 11.7 Å². The molecule has 1 saturated heterocycles. The molecule has 2 aromatic carbocycles. The number of carbonyl (C=O) groups excluding carboxylic acids is 1. The maximum Gasteiger partial charge on any atom is 0.241 e. The standard InChI is InChI=1S/C21H20BrFN4O2/c22-16-8-9-18(17(23)11-16)24-21(28)15-7-4-10-27(12-15)13-19-25-20(26-29-19)14-5-2-1-3-6-14/h1-3,5-6,8-9,11,15H,4,7,10,12-13H2,(H,24,28). The molecular formula is C21H20BrFN4O2. The van der Waals surface area contributed by atoms with Crippen LogP contribution in [-0.2, 0) is 11.3 Å².